The number of aliphatic carboxylic acids is 1. The van der Waals surface area contributed by atoms with Crippen molar-refractivity contribution in [2.24, 2.45) is 0 Å². The van der Waals surface area contributed by atoms with Gasteiger partial charge in [-0.2, -0.15) is 13.2 Å². The summed E-state index contributed by atoms with van der Waals surface area (Å²) in [5.74, 6) is -1.31. The van der Waals surface area contributed by atoms with Crippen LogP contribution in [0.2, 0.25) is 0 Å². The average Bonchev–Trinajstić information content (AvgIpc) is 3.46. The lowest BCUT2D eigenvalue weighted by atomic mass is 9.76. The number of carboxylic acid groups (broad SMARTS) is 1. The fourth-order valence-electron chi connectivity index (χ4n) is 4.71. The predicted molar refractivity (Wildman–Crippen MR) is 125 cm³/mol. The third-order valence-corrected chi connectivity index (χ3v) is 7.51. The van der Waals surface area contributed by atoms with Crippen LogP contribution in [0, 0.1) is 0 Å². The molecule has 2 aromatic rings. The second-order valence-electron chi connectivity index (χ2n) is 9.43. The summed E-state index contributed by atoms with van der Waals surface area (Å²) in [5.41, 5.74) is 1.09. The van der Waals surface area contributed by atoms with Crippen molar-refractivity contribution < 1.29 is 32.6 Å². The number of fused-ring (bicyclic) bond motifs is 1. The minimum Gasteiger partial charge on any atom is -0.487 e. The van der Waals surface area contributed by atoms with Gasteiger partial charge < -0.3 is 15.2 Å². The molecule has 1 unspecified atom stereocenters. The Balaban J connectivity index is 0.000000364. The molecule has 1 saturated heterocycles. The van der Waals surface area contributed by atoms with Gasteiger partial charge in [-0.3, -0.25) is 9.69 Å². The Morgan fingerprint density at radius 3 is 2.43 bits per heavy atom. The van der Waals surface area contributed by atoms with E-state index in [9.17, 15) is 18.0 Å². The molecular formula is C25H29F3N2O4S. The molecule has 6 nitrogen and oxygen atoms in total. The number of rotatable bonds is 5. The van der Waals surface area contributed by atoms with Crippen LogP contribution in [0.5, 0.6) is 5.75 Å². The van der Waals surface area contributed by atoms with Crippen molar-refractivity contribution in [2.45, 2.75) is 68.8 Å². The first-order valence-corrected chi connectivity index (χ1v) is 12.6. The summed E-state index contributed by atoms with van der Waals surface area (Å²) in [4.78, 5) is 25.4. The van der Waals surface area contributed by atoms with E-state index in [-0.39, 0.29) is 17.4 Å². The number of carbonyl (C=O) groups is 2. The maximum Gasteiger partial charge on any atom is 0.490 e. The summed E-state index contributed by atoms with van der Waals surface area (Å²) < 4.78 is 38.3. The molecule has 1 saturated carbocycles. The van der Waals surface area contributed by atoms with Crippen LogP contribution in [-0.2, 0) is 16.1 Å². The Morgan fingerprint density at radius 2 is 1.83 bits per heavy atom. The zero-order valence-electron chi connectivity index (χ0n) is 19.2. The van der Waals surface area contributed by atoms with Gasteiger partial charge in [0.25, 0.3) is 0 Å². The molecule has 0 radical (unpaired) electrons. The van der Waals surface area contributed by atoms with E-state index in [1.807, 2.05) is 17.4 Å². The largest absolute Gasteiger partial charge is 0.490 e. The number of amides is 1. The number of carbonyl (C=O) groups excluding carboxylic acids is 1. The zero-order valence-corrected chi connectivity index (χ0v) is 20.0. The van der Waals surface area contributed by atoms with Crippen molar-refractivity contribution in [1.29, 1.82) is 0 Å². The molecule has 190 valence electrons. The van der Waals surface area contributed by atoms with Crippen molar-refractivity contribution in [2.75, 3.05) is 13.1 Å². The first kappa shape index (κ1) is 25.5. The minimum atomic E-state index is -5.08. The normalized spacial score (nSPS) is 21.3. The van der Waals surface area contributed by atoms with Gasteiger partial charge in [0.15, 0.2) is 0 Å². The van der Waals surface area contributed by atoms with Crippen molar-refractivity contribution in [1.82, 2.24) is 10.2 Å². The lowest BCUT2D eigenvalue weighted by Gasteiger charge is -2.47. The summed E-state index contributed by atoms with van der Waals surface area (Å²) in [6.07, 6.45) is 0.799. The molecule has 1 spiro atoms. The van der Waals surface area contributed by atoms with Crippen LogP contribution in [0.1, 0.15) is 54.9 Å². The van der Waals surface area contributed by atoms with E-state index in [2.05, 4.69) is 45.9 Å². The zero-order chi connectivity index (χ0) is 25.1. The summed E-state index contributed by atoms with van der Waals surface area (Å²) in [6, 6.07) is 13.1. The number of benzene rings is 1. The number of nitrogens with one attached hydrogen (secondary N) is 1. The average molecular weight is 511 g/mol. The third kappa shape index (κ3) is 6.98. The van der Waals surface area contributed by atoms with Gasteiger partial charge in [0.1, 0.15) is 11.4 Å². The van der Waals surface area contributed by atoms with Gasteiger partial charge in [0, 0.05) is 42.9 Å². The number of hydrogen-bond acceptors (Lipinski definition) is 5. The summed E-state index contributed by atoms with van der Waals surface area (Å²) >= 11 is 1.83. The Bertz CT molecular complexity index is 1020. The third-order valence-electron chi connectivity index (χ3n) is 6.65. The number of halogens is 3. The van der Waals surface area contributed by atoms with E-state index in [0.29, 0.717) is 12.5 Å². The van der Waals surface area contributed by atoms with Gasteiger partial charge in [-0.25, -0.2) is 4.79 Å². The molecule has 35 heavy (non-hydrogen) atoms. The number of thiophene rings is 1. The smallest absolute Gasteiger partial charge is 0.487 e. The van der Waals surface area contributed by atoms with Crippen molar-refractivity contribution in [3.63, 3.8) is 0 Å². The fraction of sp³-hybridized carbons (Fsp3) is 0.520. The molecule has 1 aliphatic carbocycles. The number of hydrogen-bond donors (Lipinski definition) is 2. The molecule has 2 N–H and O–H groups in total. The topological polar surface area (TPSA) is 78.9 Å². The molecule has 1 aromatic carbocycles. The van der Waals surface area contributed by atoms with E-state index in [1.54, 1.807) is 0 Å². The number of nitrogens with zero attached hydrogens (tertiary/aromatic N) is 1. The maximum atomic E-state index is 12.5. The molecular weight excluding hydrogens is 481 g/mol. The molecule has 2 fully saturated rings. The highest BCUT2D eigenvalue weighted by molar-refractivity contribution is 7.09. The summed E-state index contributed by atoms with van der Waals surface area (Å²) in [6.45, 7) is 3.15. The van der Waals surface area contributed by atoms with Crippen LogP contribution in [0.25, 0.3) is 0 Å². The van der Waals surface area contributed by atoms with Gasteiger partial charge >= 0.3 is 12.1 Å². The van der Waals surface area contributed by atoms with Crippen LogP contribution in [0.15, 0.2) is 41.8 Å². The molecule has 10 heteroatoms. The lowest BCUT2D eigenvalue weighted by Crippen LogP contribution is -2.50. The Morgan fingerprint density at radius 1 is 1.14 bits per heavy atom. The molecule has 5 rings (SSSR count). The SMILES string of the molecule is O=C(CC1CC2(CCN(Cc3cccs3)CC2)Oc2ccccc21)NC1CC1.O=C(O)C(F)(F)F. The van der Waals surface area contributed by atoms with E-state index in [1.165, 1.54) is 10.4 Å². The fourth-order valence-corrected chi connectivity index (χ4v) is 5.46. The maximum absolute atomic E-state index is 12.5. The van der Waals surface area contributed by atoms with E-state index >= 15 is 0 Å². The number of piperidine rings is 1. The highest BCUT2D eigenvalue weighted by Gasteiger charge is 2.44. The number of para-hydroxylation sites is 1. The van der Waals surface area contributed by atoms with Crippen molar-refractivity contribution in [3.8, 4) is 5.75 Å². The molecule has 0 bridgehead atoms. The first-order chi connectivity index (χ1) is 16.6. The Labute approximate surface area is 206 Å². The lowest BCUT2D eigenvalue weighted by molar-refractivity contribution is -0.192. The second-order valence-corrected chi connectivity index (χ2v) is 10.5. The molecule has 1 aromatic heterocycles. The molecule has 1 amide bonds. The Hall–Kier alpha value is -2.59. The first-order valence-electron chi connectivity index (χ1n) is 11.8. The summed E-state index contributed by atoms with van der Waals surface area (Å²) in [5, 5.41) is 12.4. The van der Waals surface area contributed by atoms with Gasteiger partial charge in [0.05, 0.1) is 0 Å². The second kappa shape index (κ2) is 10.6. The highest BCUT2D eigenvalue weighted by atomic mass is 32.1. The number of ether oxygens (including phenoxy) is 1. The number of carboxylic acids is 1. The van der Waals surface area contributed by atoms with Crippen LogP contribution in [-0.4, -0.2) is 52.8 Å². The highest BCUT2D eigenvalue weighted by Crippen LogP contribution is 2.46. The van der Waals surface area contributed by atoms with Crippen LogP contribution < -0.4 is 10.1 Å². The number of likely N-dealkylation sites (tertiary alicyclic amines) is 1. The van der Waals surface area contributed by atoms with Crippen molar-refractivity contribution in [3.05, 3.63) is 52.2 Å². The van der Waals surface area contributed by atoms with Gasteiger partial charge in [-0.05, 0) is 55.2 Å². The van der Waals surface area contributed by atoms with Gasteiger partial charge in [-0.1, -0.05) is 24.3 Å². The molecule has 3 aliphatic rings. The summed E-state index contributed by atoms with van der Waals surface area (Å²) in [7, 11) is 0. The van der Waals surface area contributed by atoms with Crippen LogP contribution >= 0.6 is 11.3 Å². The van der Waals surface area contributed by atoms with Gasteiger partial charge in [0.2, 0.25) is 5.91 Å². The van der Waals surface area contributed by atoms with Crippen molar-refractivity contribution >= 4 is 23.2 Å². The molecule has 1 atom stereocenters. The van der Waals surface area contributed by atoms with Gasteiger partial charge in [-0.15, -0.1) is 11.3 Å². The van der Waals surface area contributed by atoms with E-state index < -0.39 is 12.1 Å². The van der Waals surface area contributed by atoms with E-state index in [0.717, 1.165) is 57.5 Å². The Kier molecular flexibility index (Phi) is 7.70. The number of alkyl halides is 3. The van der Waals surface area contributed by atoms with Crippen LogP contribution in [0.4, 0.5) is 13.2 Å². The standard InChI is InChI=1S/C23H28N2O2S.C2HF3O2/c26-22(24-18-7-8-18)14-17-15-23(27-21-6-2-1-5-20(17)21)9-11-25(12-10-23)16-19-4-3-13-28-19;3-2(4,5)1(6)7/h1-6,13,17-18H,7-12,14-16H2,(H,24,26);(H,6,7). The predicted octanol–water partition coefficient (Wildman–Crippen LogP) is 4.95. The molecule has 3 heterocycles. The minimum absolute atomic E-state index is 0.120. The van der Waals surface area contributed by atoms with Crippen LogP contribution in [0.3, 0.4) is 0 Å². The molecule has 2 aliphatic heterocycles. The quantitative estimate of drug-likeness (QED) is 0.595. The monoisotopic (exact) mass is 510 g/mol. The van der Waals surface area contributed by atoms with E-state index in [4.69, 9.17) is 14.6 Å².